The van der Waals surface area contributed by atoms with Crippen molar-refractivity contribution in [1.82, 2.24) is 25.5 Å². The molecule has 1 atom stereocenters. The number of hydrogen-bond donors (Lipinski definition) is 1. The molecule has 3 rings (SSSR count). The van der Waals surface area contributed by atoms with Gasteiger partial charge in [-0.3, -0.25) is 4.79 Å². The fourth-order valence-corrected chi connectivity index (χ4v) is 2.20. The summed E-state index contributed by atoms with van der Waals surface area (Å²) in [5.74, 6) is 1.24. The van der Waals surface area contributed by atoms with E-state index in [4.69, 9.17) is 9.15 Å². The molecule has 0 bridgehead atoms. The number of aromatic amines is 1. The van der Waals surface area contributed by atoms with Gasteiger partial charge in [0.25, 0.3) is 11.9 Å². The molecule has 19 heavy (non-hydrogen) atoms. The van der Waals surface area contributed by atoms with Crippen molar-refractivity contribution >= 4 is 5.91 Å². The van der Waals surface area contributed by atoms with Crippen LogP contribution in [0.1, 0.15) is 28.7 Å². The van der Waals surface area contributed by atoms with Crippen LogP contribution < -0.4 is 4.74 Å². The highest BCUT2D eigenvalue weighted by atomic mass is 16.6. The van der Waals surface area contributed by atoms with Gasteiger partial charge in [-0.1, -0.05) is 5.21 Å². The number of carbonyl (C=O) groups excluding carboxylic acids is 1. The predicted molar refractivity (Wildman–Crippen MR) is 62.7 cm³/mol. The van der Waals surface area contributed by atoms with Crippen LogP contribution in [0.4, 0.5) is 0 Å². The molecule has 8 nitrogen and oxygen atoms in total. The van der Waals surface area contributed by atoms with Crippen molar-refractivity contribution < 1.29 is 13.9 Å². The van der Waals surface area contributed by atoms with Gasteiger partial charge in [0.1, 0.15) is 0 Å². The number of amides is 1. The Labute approximate surface area is 108 Å². The number of aromatic nitrogens is 4. The number of hydrogen-bond acceptors (Lipinski definition) is 6. The van der Waals surface area contributed by atoms with Gasteiger partial charge in [0.15, 0.2) is 11.6 Å². The molecule has 1 N–H and O–H groups in total. The van der Waals surface area contributed by atoms with Gasteiger partial charge >= 0.3 is 0 Å². The highest BCUT2D eigenvalue weighted by molar-refractivity contribution is 5.91. The van der Waals surface area contributed by atoms with E-state index in [2.05, 4.69) is 20.6 Å². The van der Waals surface area contributed by atoms with Crippen molar-refractivity contribution in [3.05, 3.63) is 23.7 Å². The lowest BCUT2D eigenvalue weighted by Gasteiger charge is -2.13. The highest BCUT2D eigenvalue weighted by Crippen LogP contribution is 2.26. The van der Waals surface area contributed by atoms with Gasteiger partial charge in [-0.2, -0.15) is 5.21 Å². The number of H-pyrrole nitrogens is 1. The largest absolute Gasteiger partial charge is 0.468 e. The maximum absolute atomic E-state index is 12.2. The molecular formula is C11H13N5O3. The zero-order valence-corrected chi connectivity index (χ0v) is 10.4. The molecule has 1 fully saturated rings. The molecule has 0 radical (unpaired) electrons. The number of carbonyl (C=O) groups is 1. The average molecular weight is 263 g/mol. The highest BCUT2D eigenvalue weighted by Gasteiger charge is 2.31. The fourth-order valence-electron chi connectivity index (χ4n) is 2.20. The predicted octanol–water partition coefficient (Wildman–Crippen LogP) is 0.431. The number of methoxy groups -OCH3 is 1. The first kappa shape index (κ1) is 11.7. The van der Waals surface area contributed by atoms with Gasteiger partial charge in [-0.15, -0.1) is 10.2 Å². The van der Waals surface area contributed by atoms with E-state index in [-0.39, 0.29) is 17.6 Å². The maximum Gasteiger partial charge on any atom is 0.289 e. The summed E-state index contributed by atoms with van der Waals surface area (Å²) in [5, 5.41) is 13.9. The van der Waals surface area contributed by atoms with Gasteiger partial charge in [0.05, 0.1) is 7.11 Å². The summed E-state index contributed by atoms with van der Waals surface area (Å²) >= 11 is 0. The SMILES string of the molecule is COc1ccc(C(=O)N2CCC(c3nn[nH]n3)C2)o1. The minimum Gasteiger partial charge on any atom is -0.468 e. The first-order valence-corrected chi connectivity index (χ1v) is 5.94. The van der Waals surface area contributed by atoms with Crippen LogP contribution in [-0.4, -0.2) is 51.6 Å². The van der Waals surface area contributed by atoms with E-state index < -0.39 is 0 Å². The van der Waals surface area contributed by atoms with Crippen LogP contribution in [0.15, 0.2) is 16.5 Å². The fraction of sp³-hybridized carbons (Fsp3) is 0.455. The van der Waals surface area contributed by atoms with Gasteiger partial charge < -0.3 is 14.1 Å². The summed E-state index contributed by atoms with van der Waals surface area (Å²) < 4.78 is 10.2. The standard InChI is InChI=1S/C11H13N5O3/c1-18-9-3-2-8(19-9)11(17)16-5-4-7(6-16)10-12-14-15-13-10/h2-3,7H,4-6H2,1H3,(H,12,13,14,15). The van der Waals surface area contributed by atoms with Crippen LogP contribution in [0.5, 0.6) is 5.95 Å². The molecule has 2 aromatic rings. The second-order valence-electron chi connectivity index (χ2n) is 4.33. The molecule has 0 spiro atoms. The van der Waals surface area contributed by atoms with Crippen molar-refractivity contribution in [2.45, 2.75) is 12.3 Å². The van der Waals surface area contributed by atoms with E-state index >= 15 is 0 Å². The number of tetrazole rings is 1. The first-order valence-electron chi connectivity index (χ1n) is 5.94. The smallest absolute Gasteiger partial charge is 0.289 e. The number of rotatable bonds is 3. The average Bonchev–Trinajstić information content (AvgIpc) is 3.16. The monoisotopic (exact) mass is 263 g/mol. The topological polar surface area (TPSA) is 97.1 Å². The van der Waals surface area contributed by atoms with E-state index in [0.29, 0.717) is 24.9 Å². The third-order valence-corrected chi connectivity index (χ3v) is 3.20. The number of furan rings is 1. The van der Waals surface area contributed by atoms with Crippen molar-refractivity contribution in [1.29, 1.82) is 0 Å². The zero-order valence-electron chi connectivity index (χ0n) is 10.4. The molecule has 1 aliphatic heterocycles. The third kappa shape index (κ3) is 2.16. The Morgan fingerprint density at radius 3 is 3.16 bits per heavy atom. The van der Waals surface area contributed by atoms with Gasteiger partial charge in [0, 0.05) is 25.1 Å². The van der Waals surface area contributed by atoms with Gasteiger partial charge in [-0.25, -0.2) is 0 Å². The quantitative estimate of drug-likeness (QED) is 0.862. The van der Waals surface area contributed by atoms with Crippen LogP contribution in [0, 0.1) is 0 Å². The lowest BCUT2D eigenvalue weighted by atomic mass is 10.1. The summed E-state index contributed by atoms with van der Waals surface area (Å²) in [5.41, 5.74) is 0. The van der Waals surface area contributed by atoms with E-state index in [1.807, 2.05) is 0 Å². The molecule has 3 heterocycles. The van der Waals surface area contributed by atoms with Crippen LogP contribution in [-0.2, 0) is 0 Å². The maximum atomic E-state index is 12.2. The number of nitrogens with one attached hydrogen (secondary N) is 1. The number of ether oxygens (including phenoxy) is 1. The zero-order chi connectivity index (χ0) is 13.2. The van der Waals surface area contributed by atoms with Crippen LogP contribution in [0.25, 0.3) is 0 Å². The normalized spacial score (nSPS) is 18.8. The molecule has 0 aliphatic carbocycles. The molecule has 1 unspecified atom stereocenters. The number of nitrogens with zero attached hydrogens (tertiary/aromatic N) is 4. The minimum absolute atomic E-state index is 0.125. The third-order valence-electron chi connectivity index (χ3n) is 3.20. The molecule has 0 aromatic carbocycles. The van der Waals surface area contributed by atoms with Crippen LogP contribution in [0.2, 0.25) is 0 Å². The molecule has 1 saturated heterocycles. The molecule has 100 valence electrons. The Hall–Kier alpha value is -2.38. The summed E-state index contributed by atoms with van der Waals surface area (Å²) in [7, 11) is 1.50. The van der Waals surface area contributed by atoms with Crippen LogP contribution in [0.3, 0.4) is 0 Å². The van der Waals surface area contributed by atoms with Crippen molar-refractivity contribution in [2.75, 3.05) is 20.2 Å². The molecule has 2 aromatic heterocycles. The van der Waals surface area contributed by atoms with Crippen LogP contribution >= 0.6 is 0 Å². The Balaban J connectivity index is 1.69. The molecule has 1 amide bonds. The molecule has 1 aliphatic rings. The molecule has 8 heteroatoms. The summed E-state index contributed by atoms with van der Waals surface area (Å²) in [4.78, 5) is 13.9. The van der Waals surface area contributed by atoms with Crippen molar-refractivity contribution in [3.8, 4) is 5.95 Å². The Morgan fingerprint density at radius 2 is 2.47 bits per heavy atom. The van der Waals surface area contributed by atoms with E-state index in [1.165, 1.54) is 7.11 Å². The van der Waals surface area contributed by atoms with E-state index in [9.17, 15) is 4.79 Å². The summed E-state index contributed by atoms with van der Waals surface area (Å²) in [6.45, 7) is 1.22. The Morgan fingerprint density at radius 1 is 1.58 bits per heavy atom. The lowest BCUT2D eigenvalue weighted by Crippen LogP contribution is -2.28. The van der Waals surface area contributed by atoms with Gasteiger partial charge in [-0.05, 0) is 12.5 Å². The number of likely N-dealkylation sites (tertiary alicyclic amines) is 1. The molecule has 0 saturated carbocycles. The second-order valence-corrected chi connectivity index (χ2v) is 4.33. The van der Waals surface area contributed by atoms with Crippen molar-refractivity contribution in [3.63, 3.8) is 0 Å². The lowest BCUT2D eigenvalue weighted by molar-refractivity contribution is 0.0752. The Kier molecular flexibility index (Phi) is 2.90. The van der Waals surface area contributed by atoms with E-state index in [1.54, 1.807) is 17.0 Å². The van der Waals surface area contributed by atoms with E-state index in [0.717, 1.165) is 6.42 Å². The van der Waals surface area contributed by atoms with Gasteiger partial charge in [0.2, 0.25) is 0 Å². The second kappa shape index (κ2) is 4.71. The molecular weight excluding hydrogens is 250 g/mol. The first-order chi connectivity index (χ1) is 9.28. The summed E-state index contributed by atoms with van der Waals surface area (Å²) in [6, 6.07) is 3.24. The summed E-state index contributed by atoms with van der Waals surface area (Å²) in [6.07, 6.45) is 0.823. The van der Waals surface area contributed by atoms with Crippen molar-refractivity contribution in [2.24, 2.45) is 0 Å². The minimum atomic E-state index is -0.144. The Bertz CT molecular complexity index is 565.